The van der Waals surface area contributed by atoms with E-state index in [0.717, 1.165) is 23.3 Å². The largest absolute Gasteiger partial charge is 0.349 e. The van der Waals surface area contributed by atoms with Crippen molar-refractivity contribution in [3.05, 3.63) is 69.7 Å². The molecule has 0 bridgehead atoms. The summed E-state index contributed by atoms with van der Waals surface area (Å²) in [7, 11) is 0. The number of benzene rings is 2. The molecule has 134 valence electrons. The number of hydrogen-bond donors (Lipinski definition) is 1. The maximum Gasteiger partial charge on any atom is 0.230 e. The van der Waals surface area contributed by atoms with Gasteiger partial charge in [-0.25, -0.2) is 0 Å². The van der Waals surface area contributed by atoms with E-state index in [4.69, 9.17) is 23.2 Å². The Kier molecular flexibility index (Phi) is 8.14. The molecule has 0 aliphatic heterocycles. The van der Waals surface area contributed by atoms with Crippen LogP contribution >= 0.6 is 35.0 Å². The minimum atomic E-state index is 0.0549. The van der Waals surface area contributed by atoms with Crippen LogP contribution in [0.4, 0.5) is 0 Å². The Morgan fingerprint density at radius 1 is 1.08 bits per heavy atom. The molecule has 0 aliphatic carbocycles. The average molecular weight is 396 g/mol. The summed E-state index contributed by atoms with van der Waals surface area (Å²) < 4.78 is 0. The van der Waals surface area contributed by atoms with Gasteiger partial charge in [0.1, 0.15) is 0 Å². The lowest BCUT2D eigenvalue weighted by atomic mass is 9.97. The highest BCUT2D eigenvalue weighted by molar-refractivity contribution is 7.99. The van der Waals surface area contributed by atoms with E-state index in [2.05, 4.69) is 31.3 Å². The molecule has 0 unspecified atom stereocenters. The van der Waals surface area contributed by atoms with Gasteiger partial charge in [-0.2, -0.15) is 0 Å². The molecule has 0 aromatic heterocycles. The fraction of sp³-hybridized carbons (Fsp3) is 0.350. The highest BCUT2D eigenvalue weighted by Gasteiger charge is 2.16. The molecule has 2 rings (SSSR count). The third-order valence-electron chi connectivity index (χ3n) is 3.73. The van der Waals surface area contributed by atoms with Crippen molar-refractivity contribution in [2.45, 2.75) is 32.1 Å². The predicted molar refractivity (Wildman–Crippen MR) is 109 cm³/mol. The number of halogens is 2. The molecule has 2 aromatic rings. The second kappa shape index (κ2) is 10.1. The highest BCUT2D eigenvalue weighted by Crippen LogP contribution is 2.25. The van der Waals surface area contributed by atoms with Crippen LogP contribution in [0.5, 0.6) is 0 Å². The van der Waals surface area contributed by atoms with Crippen molar-refractivity contribution < 1.29 is 4.79 Å². The van der Waals surface area contributed by atoms with Crippen molar-refractivity contribution >= 4 is 40.9 Å². The van der Waals surface area contributed by atoms with Gasteiger partial charge in [0.2, 0.25) is 5.91 Å². The van der Waals surface area contributed by atoms with Gasteiger partial charge in [0.25, 0.3) is 0 Å². The summed E-state index contributed by atoms with van der Waals surface area (Å²) >= 11 is 13.5. The summed E-state index contributed by atoms with van der Waals surface area (Å²) in [6, 6.07) is 15.8. The Morgan fingerprint density at radius 3 is 2.44 bits per heavy atom. The van der Waals surface area contributed by atoms with Crippen LogP contribution in [0.25, 0.3) is 0 Å². The lowest BCUT2D eigenvalue weighted by molar-refractivity contribution is -0.119. The van der Waals surface area contributed by atoms with E-state index in [9.17, 15) is 4.79 Å². The van der Waals surface area contributed by atoms with Gasteiger partial charge >= 0.3 is 0 Å². The monoisotopic (exact) mass is 395 g/mol. The number of hydrogen-bond acceptors (Lipinski definition) is 2. The molecule has 2 aromatic carbocycles. The molecule has 0 saturated heterocycles. The van der Waals surface area contributed by atoms with Gasteiger partial charge in [0.15, 0.2) is 0 Å². The summed E-state index contributed by atoms with van der Waals surface area (Å²) in [6.45, 7) is 4.34. The Morgan fingerprint density at radius 2 is 1.80 bits per heavy atom. The van der Waals surface area contributed by atoms with E-state index < -0.39 is 0 Å². The fourth-order valence-electron chi connectivity index (χ4n) is 2.56. The number of rotatable bonds is 8. The minimum Gasteiger partial charge on any atom is -0.349 e. The van der Waals surface area contributed by atoms with Crippen molar-refractivity contribution in [3.8, 4) is 0 Å². The second-order valence-electron chi connectivity index (χ2n) is 6.40. The predicted octanol–water partition coefficient (Wildman–Crippen LogP) is 6.13. The lowest BCUT2D eigenvalue weighted by Crippen LogP contribution is -2.30. The van der Waals surface area contributed by atoms with Crippen LogP contribution in [-0.4, -0.2) is 11.7 Å². The topological polar surface area (TPSA) is 29.1 Å². The van der Waals surface area contributed by atoms with Crippen LogP contribution < -0.4 is 5.32 Å². The standard InChI is InChI=1S/C20H23Cl2NOS/c1-14(2)10-19(16-6-4-3-5-7-16)23-20(24)13-25-12-15-8-9-17(21)18(22)11-15/h3-9,11,14,19H,10,12-13H2,1-2H3,(H,23,24)/t19-/m0/s1. The van der Waals surface area contributed by atoms with Crippen molar-refractivity contribution in [2.24, 2.45) is 5.92 Å². The van der Waals surface area contributed by atoms with Crippen molar-refractivity contribution in [1.82, 2.24) is 5.32 Å². The van der Waals surface area contributed by atoms with E-state index in [1.165, 1.54) is 0 Å². The number of carbonyl (C=O) groups is 1. The summed E-state index contributed by atoms with van der Waals surface area (Å²) in [5.41, 5.74) is 2.22. The Bertz CT molecular complexity index is 691. The SMILES string of the molecule is CC(C)C[C@H](NC(=O)CSCc1ccc(Cl)c(Cl)c1)c1ccccc1. The quantitative estimate of drug-likeness (QED) is 0.582. The molecule has 0 fully saturated rings. The first kappa shape index (κ1) is 20.2. The van der Waals surface area contributed by atoms with Gasteiger partial charge in [0, 0.05) is 5.75 Å². The second-order valence-corrected chi connectivity index (χ2v) is 8.20. The van der Waals surface area contributed by atoms with Crippen LogP contribution in [0, 0.1) is 5.92 Å². The molecule has 0 aliphatic rings. The van der Waals surface area contributed by atoms with Crippen LogP contribution in [-0.2, 0) is 10.5 Å². The van der Waals surface area contributed by atoms with Crippen molar-refractivity contribution in [3.63, 3.8) is 0 Å². The Labute approximate surface area is 164 Å². The molecule has 1 amide bonds. The molecule has 0 heterocycles. The van der Waals surface area contributed by atoms with Crippen LogP contribution in [0.2, 0.25) is 10.0 Å². The normalized spacial score (nSPS) is 12.2. The third-order valence-corrected chi connectivity index (χ3v) is 5.47. The van der Waals surface area contributed by atoms with Crippen LogP contribution in [0.15, 0.2) is 48.5 Å². The van der Waals surface area contributed by atoms with Gasteiger partial charge in [-0.15, -0.1) is 11.8 Å². The number of carbonyl (C=O) groups excluding carboxylic acids is 1. The van der Waals surface area contributed by atoms with Gasteiger partial charge in [-0.05, 0) is 35.6 Å². The zero-order valence-electron chi connectivity index (χ0n) is 14.5. The molecule has 1 N–H and O–H groups in total. The zero-order chi connectivity index (χ0) is 18.2. The van der Waals surface area contributed by atoms with Gasteiger partial charge in [0.05, 0.1) is 21.8 Å². The van der Waals surface area contributed by atoms with Crippen LogP contribution in [0.3, 0.4) is 0 Å². The van der Waals surface area contributed by atoms with E-state index in [-0.39, 0.29) is 11.9 Å². The average Bonchev–Trinajstić information content (AvgIpc) is 2.58. The summed E-state index contributed by atoms with van der Waals surface area (Å²) in [5, 5.41) is 4.26. The fourth-order valence-corrected chi connectivity index (χ4v) is 3.67. The molecule has 1 atom stereocenters. The molecular weight excluding hydrogens is 373 g/mol. The summed E-state index contributed by atoms with van der Waals surface area (Å²) in [6.07, 6.45) is 0.924. The Hall–Kier alpha value is -1.16. The number of nitrogens with one attached hydrogen (secondary N) is 1. The molecule has 0 saturated carbocycles. The molecule has 2 nitrogen and oxygen atoms in total. The molecular formula is C20H23Cl2NOS. The first-order valence-electron chi connectivity index (χ1n) is 8.31. The number of thioether (sulfide) groups is 1. The maximum atomic E-state index is 12.3. The van der Waals surface area contributed by atoms with Gasteiger partial charge in [-0.3, -0.25) is 4.79 Å². The first-order chi connectivity index (χ1) is 12.0. The van der Waals surface area contributed by atoms with E-state index in [0.29, 0.717) is 21.7 Å². The molecule has 0 radical (unpaired) electrons. The molecule has 25 heavy (non-hydrogen) atoms. The summed E-state index contributed by atoms with van der Waals surface area (Å²) in [5.74, 6) is 1.71. The van der Waals surface area contributed by atoms with Gasteiger partial charge in [-0.1, -0.05) is 73.4 Å². The summed E-state index contributed by atoms with van der Waals surface area (Å²) in [4.78, 5) is 12.3. The maximum absolute atomic E-state index is 12.3. The number of amides is 1. The smallest absolute Gasteiger partial charge is 0.230 e. The third kappa shape index (κ3) is 6.93. The van der Waals surface area contributed by atoms with E-state index in [1.54, 1.807) is 17.8 Å². The van der Waals surface area contributed by atoms with Crippen LogP contribution in [0.1, 0.15) is 37.4 Å². The van der Waals surface area contributed by atoms with E-state index in [1.807, 2.05) is 30.3 Å². The van der Waals surface area contributed by atoms with Gasteiger partial charge < -0.3 is 5.32 Å². The zero-order valence-corrected chi connectivity index (χ0v) is 16.8. The first-order valence-corrected chi connectivity index (χ1v) is 10.2. The van der Waals surface area contributed by atoms with E-state index >= 15 is 0 Å². The highest BCUT2D eigenvalue weighted by atomic mass is 35.5. The minimum absolute atomic E-state index is 0.0549. The van der Waals surface area contributed by atoms with Crippen molar-refractivity contribution in [2.75, 3.05) is 5.75 Å². The molecule has 0 spiro atoms. The van der Waals surface area contributed by atoms with Crippen molar-refractivity contribution in [1.29, 1.82) is 0 Å². The lowest BCUT2D eigenvalue weighted by Gasteiger charge is -2.21. The Balaban J connectivity index is 1.87. The molecule has 5 heteroatoms.